The monoisotopic (exact) mass is 722 g/mol. The van der Waals surface area contributed by atoms with E-state index in [9.17, 15) is 13.2 Å². The van der Waals surface area contributed by atoms with Gasteiger partial charge in [-0.05, 0) is 76.7 Å². The van der Waals surface area contributed by atoms with Crippen molar-refractivity contribution in [3.8, 4) is 28.7 Å². The summed E-state index contributed by atoms with van der Waals surface area (Å²) in [6, 6.07) is 31.5. The van der Waals surface area contributed by atoms with Crippen molar-refractivity contribution in [1.82, 2.24) is 9.62 Å². The lowest BCUT2D eigenvalue weighted by Crippen LogP contribution is -2.35. The van der Waals surface area contributed by atoms with Crippen molar-refractivity contribution in [2.24, 2.45) is 0 Å². The molecule has 52 heavy (non-hydrogen) atoms. The molecule has 1 unspecified atom stereocenters. The molecular weight excluding hydrogens is 681 g/mol. The molecule has 1 amide bonds. The molecule has 1 aliphatic heterocycles. The Bertz CT molecular complexity index is 2140. The van der Waals surface area contributed by atoms with Crippen LogP contribution in [0.4, 0.5) is 0 Å². The fourth-order valence-electron chi connectivity index (χ4n) is 6.74. The van der Waals surface area contributed by atoms with Gasteiger partial charge in [-0.15, -0.1) is 0 Å². The number of nitrogens with one attached hydrogen (secondary N) is 1. The molecule has 0 radical (unpaired) electrons. The maximum Gasteiger partial charge on any atom is 0.264 e. The molecule has 0 bridgehead atoms. The number of rotatable bonds is 13. The first-order chi connectivity index (χ1) is 25.2. The summed E-state index contributed by atoms with van der Waals surface area (Å²) < 4.78 is 56.5. The Morgan fingerprint density at radius 2 is 1.35 bits per heavy atom. The molecule has 6 rings (SSSR count). The first-order valence-electron chi connectivity index (χ1n) is 16.8. The molecule has 11 heteroatoms. The number of methoxy groups -OCH3 is 5. The molecule has 0 aliphatic carbocycles. The van der Waals surface area contributed by atoms with Crippen LogP contribution in [-0.4, -0.2) is 61.3 Å². The van der Waals surface area contributed by atoms with Gasteiger partial charge in [0, 0.05) is 30.6 Å². The molecule has 0 spiro atoms. The molecule has 0 saturated heterocycles. The lowest BCUT2D eigenvalue weighted by molar-refractivity contribution is 0.0981. The van der Waals surface area contributed by atoms with Crippen molar-refractivity contribution in [2.45, 2.75) is 30.3 Å². The van der Waals surface area contributed by atoms with Gasteiger partial charge in [0.1, 0.15) is 0 Å². The average Bonchev–Trinajstić information content (AvgIpc) is 3.17. The van der Waals surface area contributed by atoms with Crippen molar-refractivity contribution < 1.29 is 36.9 Å². The second-order valence-electron chi connectivity index (χ2n) is 12.4. The summed E-state index contributed by atoms with van der Waals surface area (Å²) in [5.41, 5.74) is 6.41. The third kappa shape index (κ3) is 7.56. The van der Waals surface area contributed by atoms with E-state index in [0.717, 1.165) is 40.8 Å². The number of carbonyl (C=O) groups is 1. The van der Waals surface area contributed by atoms with Crippen molar-refractivity contribution in [3.05, 3.63) is 142 Å². The molecule has 0 fully saturated rings. The number of nitrogens with zero attached hydrogens (tertiary/aromatic N) is 1. The summed E-state index contributed by atoms with van der Waals surface area (Å²) in [5, 5.41) is 0. The quantitative estimate of drug-likeness (QED) is 0.144. The Labute approximate surface area is 304 Å². The van der Waals surface area contributed by atoms with Gasteiger partial charge < -0.3 is 23.7 Å². The Morgan fingerprint density at radius 1 is 0.712 bits per heavy atom. The minimum absolute atomic E-state index is 0.00204. The van der Waals surface area contributed by atoms with Crippen molar-refractivity contribution in [3.63, 3.8) is 0 Å². The molecular formula is C41H42N2O8S. The zero-order valence-corrected chi connectivity index (χ0v) is 30.7. The van der Waals surface area contributed by atoms with Gasteiger partial charge in [-0.2, -0.15) is 0 Å². The summed E-state index contributed by atoms with van der Waals surface area (Å²) in [4.78, 5) is 15.5. The Kier molecular flexibility index (Phi) is 11.0. The zero-order chi connectivity index (χ0) is 36.8. The van der Waals surface area contributed by atoms with Crippen LogP contribution in [0.15, 0.2) is 108 Å². The van der Waals surface area contributed by atoms with Crippen LogP contribution in [-0.2, 0) is 29.4 Å². The fraction of sp³-hybridized carbons (Fsp3) is 0.244. The maximum absolute atomic E-state index is 13.3. The van der Waals surface area contributed by atoms with E-state index in [-0.39, 0.29) is 16.5 Å². The Balaban J connectivity index is 1.15. The summed E-state index contributed by atoms with van der Waals surface area (Å²) in [6.07, 6.45) is 1.32. The molecule has 1 aliphatic rings. The number of hydrogen-bond donors (Lipinski definition) is 1. The van der Waals surface area contributed by atoms with E-state index in [1.165, 1.54) is 17.7 Å². The standard InChI is InChI=1S/C41H42N2O8S/c1-47-35-20-17-32(39(50-4)40(35)51-5)23-27-11-15-30(16-12-27)41(44)42-52(45,46)33-18-13-28(14-19-33)26-43-22-21-31-24-36(48-2)37(49-3)25-34(31)38(43)29-9-7-6-8-10-29/h6-20,24-25,38H,21-23,26H2,1-5H3,(H,42,44). The van der Waals surface area contributed by atoms with Crippen LogP contribution in [0.25, 0.3) is 0 Å². The smallest absolute Gasteiger partial charge is 0.264 e. The van der Waals surface area contributed by atoms with Gasteiger partial charge in [0.25, 0.3) is 15.9 Å². The third-order valence-electron chi connectivity index (χ3n) is 9.33. The van der Waals surface area contributed by atoms with Gasteiger partial charge in [-0.25, -0.2) is 13.1 Å². The number of benzene rings is 5. The number of sulfonamides is 1. The third-order valence-corrected chi connectivity index (χ3v) is 10.7. The highest BCUT2D eigenvalue weighted by Gasteiger charge is 2.31. The minimum atomic E-state index is -4.13. The lowest BCUT2D eigenvalue weighted by Gasteiger charge is -2.38. The molecule has 10 nitrogen and oxygen atoms in total. The minimum Gasteiger partial charge on any atom is -0.493 e. The second kappa shape index (κ2) is 15.8. The van der Waals surface area contributed by atoms with Gasteiger partial charge in [0.05, 0.1) is 46.5 Å². The molecule has 1 N–H and O–H groups in total. The van der Waals surface area contributed by atoms with E-state index < -0.39 is 15.9 Å². The van der Waals surface area contributed by atoms with Gasteiger partial charge >= 0.3 is 0 Å². The van der Waals surface area contributed by atoms with E-state index >= 15 is 0 Å². The predicted octanol–water partition coefficient (Wildman–Crippen LogP) is 6.59. The first kappa shape index (κ1) is 36.3. The molecule has 0 saturated carbocycles. The van der Waals surface area contributed by atoms with Crippen LogP contribution in [0.3, 0.4) is 0 Å². The second-order valence-corrected chi connectivity index (χ2v) is 14.1. The summed E-state index contributed by atoms with van der Waals surface area (Å²) in [6.45, 7) is 1.38. The van der Waals surface area contributed by atoms with Gasteiger partial charge in [0.2, 0.25) is 5.75 Å². The van der Waals surface area contributed by atoms with Crippen LogP contribution in [0, 0.1) is 0 Å². The molecule has 0 aromatic heterocycles. The number of amides is 1. The van der Waals surface area contributed by atoms with Crippen LogP contribution in [0.1, 0.15) is 49.8 Å². The van der Waals surface area contributed by atoms with E-state index in [0.29, 0.717) is 41.7 Å². The fourth-order valence-corrected chi connectivity index (χ4v) is 7.71. The van der Waals surface area contributed by atoms with Crippen LogP contribution >= 0.6 is 0 Å². The van der Waals surface area contributed by atoms with Crippen molar-refractivity contribution >= 4 is 15.9 Å². The zero-order valence-electron chi connectivity index (χ0n) is 29.8. The molecule has 1 heterocycles. The number of carbonyl (C=O) groups excluding carboxylic acids is 1. The highest BCUT2D eigenvalue weighted by atomic mass is 32.2. The average molecular weight is 723 g/mol. The predicted molar refractivity (Wildman–Crippen MR) is 198 cm³/mol. The highest BCUT2D eigenvalue weighted by molar-refractivity contribution is 7.90. The maximum atomic E-state index is 13.3. The van der Waals surface area contributed by atoms with Gasteiger partial charge in [-0.3, -0.25) is 9.69 Å². The van der Waals surface area contributed by atoms with Crippen LogP contribution in [0.2, 0.25) is 0 Å². The Morgan fingerprint density at radius 3 is 1.98 bits per heavy atom. The topological polar surface area (TPSA) is 113 Å². The van der Waals surface area contributed by atoms with E-state index in [1.54, 1.807) is 78.0 Å². The SMILES string of the molecule is COc1cc2c(cc1OC)C(c1ccccc1)N(Cc1ccc(S(=O)(=O)NC(=O)c3ccc(Cc4ccc(OC)c(OC)c4OC)cc3)cc1)CC2. The normalized spacial score (nSPS) is 14.2. The molecule has 270 valence electrons. The number of fused-ring (bicyclic) bond motifs is 1. The van der Waals surface area contributed by atoms with Crippen molar-refractivity contribution in [2.75, 3.05) is 42.1 Å². The first-order valence-corrected chi connectivity index (χ1v) is 18.2. The van der Waals surface area contributed by atoms with Crippen molar-refractivity contribution in [1.29, 1.82) is 0 Å². The largest absolute Gasteiger partial charge is 0.493 e. The molecule has 5 aromatic carbocycles. The van der Waals surface area contributed by atoms with E-state index in [2.05, 4.69) is 33.9 Å². The summed E-state index contributed by atoms with van der Waals surface area (Å²) in [5.74, 6) is 2.26. The summed E-state index contributed by atoms with van der Waals surface area (Å²) in [7, 11) is 3.82. The van der Waals surface area contributed by atoms with E-state index in [4.69, 9.17) is 23.7 Å². The van der Waals surface area contributed by atoms with Crippen LogP contribution < -0.4 is 28.4 Å². The highest BCUT2D eigenvalue weighted by Crippen LogP contribution is 2.42. The number of hydrogen-bond acceptors (Lipinski definition) is 9. The van der Waals surface area contributed by atoms with Crippen LogP contribution in [0.5, 0.6) is 28.7 Å². The lowest BCUT2D eigenvalue weighted by atomic mass is 9.87. The van der Waals surface area contributed by atoms with E-state index in [1.807, 2.05) is 24.3 Å². The van der Waals surface area contributed by atoms with Gasteiger partial charge in [-0.1, -0.05) is 60.7 Å². The molecule has 5 aromatic rings. The molecule has 1 atom stereocenters. The summed E-state index contributed by atoms with van der Waals surface area (Å²) >= 11 is 0. The number of ether oxygens (including phenoxy) is 5. The van der Waals surface area contributed by atoms with Gasteiger partial charge in [0.15, 0.2) is 23.0 Å². The Hall–Kier alpha value is -5.52.